The highest BCUT2D eigenvalue weighted by Crippen LogP contribution is 2.20. The van der Waals surface area contributed by atoms with Gasteiger partial charge in [0.05, 0.1) is 6.54 Å². The fraction of sp³-hybridized carbons (Fsp3) is 0.611. The van der Waals surface area contributed by atoms with E-state index in [2.05, 4.69) is 41.7 Å². The third-order valence-electron chi connectivity index (χ3n) is 3.36. The zero-order valence-electron chi connectivity index (χ0n) is 15.5. The van der Waals surface area contributed by atoms with E-state index >= 15 is 0 Å². The van der Waals surface area contributed by atoms with Crippen LogP contribution in [0.1, 0.15) is 40.2 Å². The summed E-state index contributed by atoms with van der Waals surface area (Å²) >= 11 is 0. The van der Waals surface area contributed by atoms with Crippen LogP contribution in [0.3, 0.4) is 0 Å². The van der Waals surface area contributed by atoms with Gasteiger partial charge in [0, 0.05) is 25.2 Å². The molecule has 4 N–H and O–H groups in total. The van der Waals surface area contributed by atoms with E-state index in [0.29, 0.717) is 6.54 Å². The molecule has 1 rings (SSSR count). The van der Waals surface area contributed by atoms with E-state index in [0.717, 1.165) is 31.2 Å². The number of hydrogen-bond donors (Lipinski definition) is 4. The van der Waals surface area contributed by atoms with Crippen molar-refractivity contribution in [3.8, 4) is 0 Å². The highest BCUT2D eigenvalue weighted by atomic mass is 127. The molecular weight excluding hydrogens is 415 g/mol. The molecule has 0 saturated heterocycles. The van der Waals surface area contributed by atoms with Crippen molar-refractivity contribution in [3.05, 3.63) is 35.9 Å². The van der Waals surface area contributed by atoms with Gasteiger partial charge in [-0.3, -0.25) is 0 Å². The van der Waals surface area contributed by atoms with E-state index in [4.69, 9.17) is 0 Å². The fourth-order valence-electron chi connectivity index (χ4n) is 2.08. The lowest BCUT2D eigenvalue weighted by Gasteiger charge is -2.23. The maximum Gasteiger partial charge on any atom is 0.191 e. The Hall–Kier alpha value is -0.860. The molecule has 0 fully saturated rings. The molecule has 0 aliphatic rings. The normalized spacial score (nSPS) is 14.5. The lowest BCUT2D eigenvalue weighted by molar-refractivity contribution is 0.0672. The van der Waals surface area contributed by atoms with Crippen LogP contribution in [0.15, 0.2) is 35.3 Å². The zero-order chi connectivity index (χ0) is 17.3. The van der Waals surface area contributed by atoms with Crippen LogP contribution in [-0.2, 0) is 5.60 Å². The summed E-state index contributed by atoms with van der Waals surface area (Å²) in [5.74, 6) is 0.722. The molecule has 0 heterocycles. The SMILES string of the molecule is CCNC(=NCC(C)(O)c1ccccc1)NCCNC(C)(C)C.I. The highest BCUT2D eigenvalue weighted by Gasteiger charge is 2.22. The van der Waals surface area contributed by atoms with Crippen LogP contribution in [0.25, 0.3) is 0 Å². The first-order chi connectivity index (χ1) is 10.7. The first-order valence-corrected chi connectivity index (χ1v) is 8.30. The van der Waals surface area contributed by atoms with E-state index in [-0.39, 0.29) is 29.5 Å². The van der Waals surface area contributed by atoms with Crippen LogP contribution in [0.4, 0.5) is 0 Å². The van der Waals surface area contributed by atoms with Gasteiger partial charge in [-0.15, -0.1) is 24.0 Å². The molecule has 6 heteroatoms. The van der Waals surface area contributed by atoms with Crippen LogP contribution in [0, 0.1) is 0 Å². The van der Waals surface area contributed by atoms with E-state index in [1.807, 2.05) is 37.3 Å². The number of nitrogens with zero attached hydrogens (tertiary/aromatic N) is 1. The van der Waals surface area contributed by atoms with Crippen molar-refractivity contribution in [2.24, 2.45) is 4.99 Å². The molecule has 0 aliphatic carbocycles. The summed E-state index contributed by atoms with van der Waals surface area (Å²) in [5.41, 5.74) is -0.00415. The Morgan fingerprint density at radius 3 is 2.21 bits per heavy atom. The smallest absolute Gasteiger partial charge is 0.191 e. The lowest BCUT2D eigenvalue weighted by Crippen LogP contribution is -2.45. The Labute approximate surface area is 163 Å². The van der Waals surface area contributed by atoms with Crippen LogP contribution >= 0.6 is 24.0 Å². The number of aliphatic imine (C=N–C) groups is 1. The second-order valence-corrected chi connectivity index (χ2v) is 6.94. The summed E-state index contributed by atoms with van der Waals surface area (Å²) in [7, 11) is 0. The number of halogens is 1. The van der Waals surface area contributed by atoms with Crippen LogP contribution < -0.4 is 16.0 Å². The van der Waals surface area contributed by atoms with Crippen molar-refractivity contribution in [1.82, 2.24) is 16.0 Å². The van der Waals surface area contributed by atoms with Crippen molar-refractivity contribution in [2.45, 2.75) is 45.8 Å². The first-order valence-electron chi connectivity index (χ1n) is 8.30. The number of benzene rings is 1. The van der Waals surface area contributed by atoms with Gasteiger partial charge >= 0.3 is 0 Å². The minimum atomic E-state index is -0.979. The van der Waals surface area contributed by atoms with Gasteiger partial charge in [-0.25, -0.2) is 4.99 Å². The van der Waals surface area contributed by atoms with Crippen molar-refractivity contribution < 1.29 is 5.11 Å². The van der Waals surface area contributed by atoms with Gasteiger partial charge in [-0.2, -0.15) is 0 Å². The molecule has 1 aromatic carbocycles. The van der Waals surface area contributed by atoms with Crippen molar-refractivity contribution in [3.63, 3.8) is 0 Å². The number of nitrogens with one attached hydrogen (secondary N) is 3. The molecule has 5 nitrogen and oxygen atoms in total. The Balaban J connectivity index is 0.00000529. The third kappa shape index (κ3) is 9.44. The second kappa shape index (κ2) is 10.9. The Morgan fingerprint density at radius 1 is 1.04 bits per heavy atom. The van der Waals surface area contributed by atoms with Crippen molar-refractivity contribution in [2.75, 3.05) is 26.2 Å². The van der Waals surface area contributed by atoms with Crippen molar-refractivity contribution in [1.29, 1.82) is 0 Å². The van der Waals surface area contributed by atoms with Gasteiger partial charge in [0.1, 0.15) is 5.60 Å². The summed E-state index contributed by atoms with van der Waals surface area (Å²) in [5, 5.41) is 20.5. The molecule has 0 saturated carbocycles. The molecule has 1 unspecified atom stereocenters. The highest BCUT2D eigenvalue weighted by molar-refractivity contribution is 14.0. The number of hydrogen-bond acceptors (Lipinski definition) is 3. The van der Waals surface area contributed by atoms with Gasteiger partial charge in [-0.1, -0.05) is 30.3 Å². The fourth-order valence-corrected chi connectivity index (χ4v) is 2.08. The minimum absolute atomic E-state index is 0. The van der Waals surface area contributed by atoms with Crippen LogP contribution in [0.5, 0.6) is 0 Å². The standard InChI is InChI=1S/C18H32N4O.HI/c1-6-19-16(20-12-13-22-17(2,3)4)21-14-18(5,23)15-10-8-7-9-11-15;/h7-11,22-23H,6,12-14H2,1-5H3,(H2,19,20,21);1H. The predicted molar refractivity (Wildman–Crippen MR) is 113 cm³/mol. The van der Waals surface area contributed by atoms with Crippen LogP contribution in [-0.4, -0.2) is 42.8 Å². The first kappa shape index (κ1) is 23.1. The summed E-state index contributed by atoms with van der Waals surface area (Å²) in [4.78, 5) is 4.51. The molecule has 0 amide bonds. The van der Waals surface area contributed by atoms with Gasteiger partial charge in [0.25, 0.3) is 0 Å². The monoisotopic (exact) mass is 448 g/mol. The van der Waals surface area contributed by atoms with Crippen molar-refractivity contribution >= 4 is 29.9 Å². The molecule has 24 heavy (non-hydrogen) atoms. The predicted octanol–water partition coefficient (Wildman–Crippen LogP) is 2.46. The average molecular weight is 448 g/mol. The van der Waals surface area contributed by atoms with E-state index in [1.54, 1.807) is 6.92 Å². The average Bonchev–Trinajstić information content (AvgIpc) is 2.49. The second-order valence-electron chi connectivity index (χ2n) is 6.94. The number of rotatable bonds is 7. The van der Waals surface area contributed by atoms with E-state index in [9.17, 15) is 5.11 Å². The van der Waals surface area contributed by atoms with Crippen LogP contribution in [0.2, 0.25) is 0 Å². The van der Waals surface area contributed by atoms with Gasteiger partial charge in [0.15, 0.2) is 5.96 Å². The van der Waals surface area contributed by atoms with E-state index in [1.165, 1.54) is 0 Å². The number of aliphatic hydroxyl groups is 1. The number of guanidine groups is 1. The third-order valence-corrected chi connectivity index (χ3v) is 3.36. The molecule has 0 aromatic heterocycles. The summed E-state index contributed by atoms with van der Waals surface area (Å²) < 4.78 is 0. The molecule has 138 valence electrons. The minimum Gasteiger partial charge on any atom is -0.384 e. The quantitative estimate of drug-likeness (QED) is 0.224. The van der Waals surface area contributed by atoms with Gasteiger partial charge in [0.2, 0.25) is 0 Å². The Morgan fingerprint density at radius 2 is 1.67 bits per heavy atom. The summed E-state index contributed by atoms with van der Waals surface area (Å²) in [6.45, 7) is 13.0. The Bertz CT molecular complexity index is 484. The molecule has 0 radical (unpaired) electrons. The lowest BCUT2D eigenvalue weighted by atomic mass is 9.96. The van der Waals surface area contributed by atoms with Gasteiger partial charge in [-0.05, 0) is 40.2 Å². The summed E-state index contributed by atoms with van der Waals surface area (Å²) in [6, 6.07) is 9.63. The molecule has 0 spiro atoms. The maximum atomic E-state index is 10.6. The molecule has 0 aliphatic heterocycles. The van der Waals surface area contributed by atoms with Gasteiger partial charge < -0.3 is 21.1 Å². The largest absolute Gasteiger partial charge is 0.384 e. The maximum absolute atomic E-state index is 10.6. The summed E-state index contributed by atoms with van der Waals surface area (Å²) in [6.07, 6.45) is 0. The molecule has 0 bridgehead atoms. The zero-order valence-corrected chi connectivity index (χ0v) is 17.8. The van der Waals surface area contributed by atoms with E-state index < -0.39 is 5.60 Å². The topological polar surface area (TPSA) is 68.7 Å². The molecule has 1 atom stereocenters. The molecular formula is C18H33IN4O. The molecule has 1 aromatic rings. The Kier molecular flexibility index (Phi) is 10.5.